The predicted octanol–water partition coefficient (Wildman–Crippen LogP) is 2.44. The molecule has 9 heteroatoms. The molecule has 1 atom stereocenters. The summed E-state index contributed by atoms with van der Waals surface area (Å²) >= 11 is 5.66. The van der Waals surface area contributed by atoms with Gasteiger partial charge in [-0.25, -0.2) is 4.67 Å². The topological polar surface area (TPSA) is 65.5 Å². The van der Waals surface area contributed by atoms with Crippen LogP contribution >= 0.6 is 19.3 Å². The lowest BCUT2D eigenvalue weighted by molar-refractivity contribution is 0.00685. The Hall–Kier alpha value is -0.200. The molecule has 2 fully saturated rings. The molecule has 2 aliphatic rings. The van der Waals surface area contributed by atoms with Crippen molar-refractivity contribution in [3.63, 3.8) is 0 Å². The highest BCUT2D eigenvalue weighted by Crippen LogP contribution is 2.57. The molecule has 0 radical (unpaired) electrons. The lowest BCUT2D eigenvalue weighted by Gasteiger charge is -2.44. The van der Waals surface area contributed by atoms with E-state index in [9.17, 15) is 9.47 Å². The van der Waals surface area contributed by atoms with E-state index < -0.39 is 7.67 Å². The number of nitrogens with zero attached hydrogens (tertiary/aromatic N) is 4. The highest BCUT2D eigenvalue weighted by atomic mass is 35.5. The smallest absolute Gasteiger partial charge is 0.305 e. The van der Waals surface area contributed by atoms with Crippen molar-refractivity contribution in [2.45, 2.75) is 25.7 Å². The monoisotopic (exact) mass is 310 g/mol. The molecule has 2 aliphatic heterocycles. The molecule has 19 heavy (non-hydrogen) atoms. The second-order valence-corrected chi connectivity index (χ2v) is 7.30. The first kappa shape index (κ1) is 15.2. The molecule has 2 saturated heterocycles. The Morgan fingerprint density at radius 1 is 1.21 bits per heavy atom. The molecule has 0 aromatic carbocycles. The number of hydrogen-bond acceptors (Lipinski definition) is 4. The lowest BCUT2D eigenvalue weighted by Crippen LogP contribution is -2.46. The van der Waals surface area contributed by atoms with Crippen molar-refractivity contribution in [2.75, 3.05) is 38.7 Å². The zero-order valence-corrected chi connectivity index (χ0v) is 12.6. The zero-order valence-electron chi connectivity index (χ0n) is 10.9. The van der Waals surface area contributed by atoms with Gasteiger partial charge in [0.25, 0.3) is 0 Å². The van der Waals surface area contributed by atoms with Crippen LogP contribution in [0.1, 0.15) is 25.7 Å². The number of rotatable bonds is 5. The fourth-order valence-electron chi connectivity index (χ4n) is 2.46. The van der Waals surface area contributed by atoms with Gasteiger partial charge >= 0.3 is 7.67 Å². The van der Waals surface area contributed by atoms with Gasteiger partial charge in [-0.3, -0.25) is 4.57 Å². The van der Waals surface area contributed by atoms with Crippen LogP contribution in [0.2, 0.25) is 0 Å². The Bertz CT molecular complexity index is 354. The molecule has 2 heterocycles. The fraction of sp³-hybridized carbons (Fsp3) is 1.00. The van der Waals surface area contributed by atoms with Crippen molar-refractivity contribution in [2.24, 2.45) is 5.29 Å². The average molecular weight is 311 g/mol. The summed E-state index contributed by atoms with van der Waals surface area (Å²) in [7, 11) is -3.16. The van der Waals surface area contributed by atoms with Crippen molar-refractivity contribution >= 4 is 19.3 Å². The minimum Gasteiger partial charge on any atom is -0.305 e. The summed E-state index contributed by atoms with van der Waals surface area (Å²) < 4.78 is 22.1. The Labute approximate surface area is 118 Å². The molecule has 110 valence electrons. The first-order valence-corrected chi connectivity index (χ1v) is 8.73. The minimum atomic E-state index is -3.16. The maximum Gasteiger partial charge on any atom is 0.365 e. The van der Waals surface area contributed by atoms with Gasteiger partial charge in [-0.2, -0.15) is 5.12 Å². The summed E-state index contributed by atoms with van der Waals surface area (Å²) in [5.74, 6) is 0.252. The quantitative estimate of drug-likeness (QED) is 0.336. The first-order valence-electron chi connectivity index (χ1n) is 6.67. The summed E-state index contributed by atoms with van der Waals surface area (Å²) in [5, 5.41) is 4.09. The van der Waals surface area contributed by atoms with Crippen LogP contribution in [-0.4, -0.2) is 53.2 Å². The average Bonchev–Trinajstić information content (AvgIpc) is 2.47. The molecule has 0 saturated carbocycles. The molecule has 0 spiro atoms. The number of halogens is 1. The third-order valence-electron chi connectivity index (χ3n) is 3.39. The second-order valence-electron chi connectivity index (χ2n) is 4.65. The second kappa shape index (κ2) is 6.99. The van der Waals surface area contributed by atoms with E-state index in [1.54, 1.807) is 0 Å². The van der Waals surface area contributed by atoms with Crippen molar-refractivity contribution < 1.29 is 9.09 Å². The molecular formula is C10H20ClN4O3P. The number of piperidine rings is 1. The summed E-state index contributed by atoms with van der Waals surface area (Å²) in [6.07, 6.45) is 3.89. The number of hydrogen-bond donors (Lipinski definition) is 0. The van der Waals surface area contributed by atoms with Gasteiger partial charge in [0.2, 0.25) is 0 Å². The molecule has 0 N–H and O–H groups in total. The first-order chi connectivity index (χ1) is 9.22. The van der Waals surface area contributed by atoms with Gasteiger partial charge in [-0.15, -0.1) is 21.3 Å². The van der Waals surface area contributed by atoms with E-state index in [4.69, 9.17) is 16.1 Å². The summed E-state index contributed by atoms with van der Waals surface area (Å²) in [4.78, 5) is 10.9. The van der Waals surface area contributed by atoms with Gasteiger partial charge in [-0.05, 0) is 19.3 Å². The summed E-state index contributed by atoms with van der Waals surface area (Å²) in [5.41, 5.74) is 0. The van der Waals surface area contributed by atoms with E-state index >= 15 is 0 Å². The van der Waals surface area contributed by atoms with Gasteiger partial charge < -0.3 is 4.52 Å². The van der Waals surface area contributed by atoms with E-state index in [0.717, 1.165) is 43.9 Å². The molecule has 0 aromatic heterocycles. The fourth-order valence-corrected chi connectivity index (χ4v) is 5.13. The van der Waals surface area contributed by atoms with Gasteiger partial charge in [0, 0.05) is 25.5 Å². The predicted molar refractivity (Wildman–Crippen MR) is 73.5 cm³/mol. The third kappa shape index (κ3) is 3.28. The molecule has 0 aliphatic carbocycles. The zero-order chi connectivity index (χ0) is 13.7. The van der Waals surface area contributed by atoms with Gasteiger partial charge in [0.05, 0.1) is 18.4 Å². The Balaban J connectivity index is 2.17. The molecular weight excluding hydrogens is 291 g/mol. The highest BCUT2D eigenvalue weighted by Gasteiger charge is 2.44. The molecule has 7 nitrogen and oxygen atoms in total. The maximum absolute atomic E-state index is 13.1. The Morgan fingerprint density at radius 3 is 2.58 bits per heavy atom. The van der Waals surface area contributed by atoms with Crippen molar-refractivity contribution in [1.82, 2.24) is 14.6 Å². The highest BCUT2D eigenvalue weighted by molar-refractivity contribution is 7.53. The minimum absolute atomic E-state index is 0.242. The standard InChI is InChI=1S/C10H20ClN4O3P/c11-5-9-14(12-16)15-8-4-10-18-19(15,17)13-6-2-1-3-7-13/h1-10H2. The number of nitroso groups, excluding NO2 is 1. The van der Waals surface area contributed by atoms with Crippen LogP contribution in [0, 0.1) is 4.91 Å². The Kier molecular flexibility index (Phi) is 5.59. The van der Waals surface area contributed by atoms with Gasteiger partial charge in [-0.1, -0.05) is 6.42 Å². The SMILES string of the molecule is O=NN(CCCl)N1CCCOP1(=O)N1CCCCC1. The van der Waals surface area contributed by atoms with Crippen LogP contribution in [-0.2, 0) is 9.09 Å². The van der Waals surface area contributed by atoms with Crippen LogP contribution < -0.4 is 0 Å². The molecule has 0 aromatic rings. The van der Waals surface area contributed by atoms with Crippen LogP contribution in [0.5, 0.6) is 0 Å². The normalized spacial score (nSPS) is 30.2. The third-order valence-corrected chi connectivity index (χ3v) is 6.18. The van der Waals surface area contributed by atoms with E-state index in [1.165, 1.54) is 4.78 Å². The van der Waals surface area contributed by atoms with Crippen LogP contribution in [0.3, 0.4) is 0 Å². The van der Waals surface area contributed by atoms with Crippen LogP contribution in [0.15, 0.2) is 5.29 Å². The molecule has 0 amide bonds. The summed E-state index contributed by atoms with van der Waals surface area (Å²) in [6.45, 7) is 2.68. The molecule has 1 unspecified atom stereocenters. The Morgan fingerprint density at radius 2 is 1.95 bits per heavy atom. The van der Waals surface area contributed by atoms with E-state index in [2.05, 4.69) is 5.29 Å². The van der Waals surface area contributed by atoms with Crippen molar-refractivity contribution in [1.29, 1.82) is 0 Å². The largest absolute Gasteiger partial charge is 0.365 e. The van der Waals surface area contributed by atoms with E-state index in [0.29, 0.717) is 13.2 Å². The van der Waals surface area contributed by atoms with Crippen molar-refractivity contribution in [3.8, 4) is 0 Å². The van der Waals surface area contributed by atoms with Gasteiger partial charge in [0.15, 0.2) is 0 Å². The van der Waals surface area contributed by atoms with E-state index in [1.807, 2.05) is 4.67 Å². The lowest BCUT2D eigenvalue weighted by atomic mass is 10.2. The number of hydrazine groups is 1. The van der Waals surface area contributed by atoms with E-state index in [-0.39, 0.29) is 12.4 Å². The van der Waals surface area contributed by atoms with Gasteiger partial charge in [0.1, 0.15) is 0 Å². The van der Waals surface area contributed by atoms with Crippen LogP contribution in [0.4, 0.5) is 0 Å². The van der Waals surface area contributed by atoms with Crippen LogP contribution in [0.25, 0.3) is 0 Å². The number of alkyl halides is 1. The maximum atomic E-state index is 13.1. The molecule has 0 bridgehead atoms. The molecule has 2 rings (SSSR count). The van der Waals surface area contributed by atoms with Crippen molar-refractivity contribution in [3.05, 3.63) is 4.91 Å². The summed E-state index contributed by atoms with van der Waals surface area (Å²) in [6, 6.07) is 0.